The molecule has 1 aliphatic rings. The average Bonchev–Trinajstić information content (AvgIpc) is 2.70. The van der Waals surface area contributed by atoms with Gasteiger partial charge in [-0.15, -0.1) is 0 Å². The Balaban J connectivity index is 1.49. The summed E-state index contributed by atoms with van der Waals surface area (Å²) in [7, 11) is 2.09. The van der Waals surface area contributed by atoms with Gasteiger partial charge in [0.2, 0.25) is 5.91 Å². The average molecular weight is 397 g/mol. The van der Waals surface area contributed by atoms with Crippen LogP contribution in [0, 0.1) is 5.82 Å². The van der Waals surface area contributed by atoms with Crippen LogP contribution in [-0.2, 0) is 4.79 Å². The molecule has 1 fully saturated rings. The fraction of sp³-hybridized carbons (Fsp3) is 0.391. The van der Waals surface area contributed by atoms with Gasteiger partial charge in [-0.2, -0.15) is 0 Å². The van der Waals surface area contributed by atoms with Gasteiger partial charge in [-0.3, -0.25) is 14.5 Å². The molecule has 1 aliphatic heterocycles. The Kier molecular flexibility index (Phi) is 7.12. The molecule has 6 heteroatoms. The zero-order chi connectivity index (χ0) is 20.8. The number of hydrogen-bond donors (Lipinski definition) is 1. The highest BCUT2D eigenvalue weighted by atomic mass is 19.1. The quantitative estimate of drug-likeness (QED) is 0.728. The number of rotatable bonds is 7. The van der Waals surface area contributed by atoms with E-state index in [0.29, 0.717) is 24.2 Å². The van der Waals surface area contributed by atoms with E-state index in [0.717, 1.165) is 31.7 Å². The maximum atomic E-state index is 13.0. The van der Waals surface area contributed by atoms with Crippen molar-refractivity contribution >= 4 is 17.4 Å². The van der Waals surface area contributed by atoms with E-state index in [-0.39, 0.29) is 23.4 Å². The molecular weight excluding hydrogens is 369 g/mol. The van der Waals surface area contributed by atoms with Crippen LogP contribution >= 0.6 is 0 Å². The highest BCUT2D eigenvalue weighted by Crippen LogP contribution is 2.20. The lowest BCUT2D eigenvalue weighted by Crippen LogP contribution is -2.46. The largest absolute Gasteiger partial charge is 0.326 e. The number of ketones is 1. The van der Waals surface area contributed by atoms with Crippen molar-refractivity contribution in [1.82, 2.24) is 9.80 Å². The number of carbonyl (C=O) groups is 2. The SMILES string of the molecule is CC(CC(=O)Nc1ccc(C(=O)CN2CCN(C)CC2)cc1)c1ccc(F)cc1. The van der Waals surface area contributed by atoms with E-state index in [4.69, 9.17) is 0 Å². The molecule has 0 aliphatic carbocycles. The summed E-state index contributed by atoms with van der Waals surface area (Å²) in [5, 5.41) is 2.87. The zero-order valence-electron chi connectivity index (χ0n) is 17.0. The fourth-order valence-corrected chi connectivity index (χ4v) is 3.44. The predicted molar refractivity (Wildman–Crippen MR) is 113 cm³/mol. The number of benzene rings is 2. The molecular formula is C23H28FN3O2. The van der Waals surface area contributed by atoms with Crippen molar-refractivity contribution in [2.24, 2.45) is 0 Å². The molecule has 2 aromatic rings. The third-order valence-corrected chi connectivity index (χ3v) is 5.38. The van der Waals surface area contributed by atoms with Crippen LogP contribution in [0.4, 0.5) is 10.1 Å². The van der Waals surface area contributed by atoms with E-state index >= 15 is 0 Å². The van der Waals surface area contributed by atoms with Crippen molar-refractivity contribution in [1.29, 1.82) is 0 Å². The minimum Gasteiger partial charge on any atom is -0.326 e. The lowest BCUT2D eigenvalue weighted by Gasteiger charge is -2.31. The molecule has 0 radical (unpaired) electrons. The summed E-state index contributed by atoms with van der Waals surface area (Å²) in [6, 6.07) is 13.3. The van der Waals surface area contributed by atoms with Crippen molar-refractivity contribution in [2.75, 3.05) is 45.1 Å². The van der Waals surface area contributed by atoms with Crippen molar-refractivity contribution in [3.8, 4) is 0 Å². The van der Waals surface area contributed by atoms with E-state index < -0.39 is 0 Å². The van der Waals surface area contributed by atoms with Crippen molar-refractivity contribution in [2.45, 2.75) is 19.3 Å². The summed E-state index contributed by atoms with van der Waals surface area (Å²) in [5.74, 6) is -0.316. The first-order valence-corrected chi connectivity index (χ1v) is 10.00. The first kappa shape index (κ1) is 21.1. The molecule has 154 valence electrons. The summed E-state index contributed by atoms with van der Waals surface area (Å²) >= 11 is 0. The Hall–Kier alpha value is -2.57. The zero-order valence-corrected chi connectivity index (χ0v) is 17.0. The molecule has 0 aromatic heterocycles. The maximum Gasteiger partial charge on any atom is 0.224 e. The highest BCUT2D eigenvalue weighted by Gasteiger charge is 2.17. The first-order valence-electron chi connectivity index (χ1n) is 10.00. The third-order valence-electron chi connectivity index (χ3n) is 5.38. The Morgan fingerprint density at radius 2 is 1.62 bits per heavy atom. The van der Waals surface area contributed by atoms with Gasteiger partial charge >= 0.3 is 0 Å². The van der Waals surface area contributed by atoms with E-state index in [1.54, 1.807) is 36.4 Å². The summed E-state index contributed by atoms with van der Waals surface area (Å²) in [5.41, 5.74) is 2.24. The Morgan fingerprint density at radius 1 is 1.00 bits per heavy atom. The van der Waals surface area contributed by atoms with Crippen LogP contribution in [0.25, 0.3) is 0 Å². The molecule has 1 saturated heterocycles. The summed E-state index contributed by atoms with van der Waals surface area (Å²) in [6.45, 7) is 6.14. The Morgan fingerprint density at radius 3 is 2.24 bits per heavy atom. The normalized spacial score (nSPS) is 16.4. The van der Waals surface area contributed by atoms with Gasteiger partial charge in [0.1, 0.15) is 5.82 Å². The predicted octanol–water partition coefficient (Wildman–Crippen LogP) is 3.39. The molecule has 5 nitrogen and oxygen atoms in total. The van der Waals surface area contributed by atoms with Crippen LogP contribution in [0.15, 0.2) is 48.5 Å². The number of halogens is 1. The molecule has 1 heterocycles. The van der Waals surface area contributed by atoms with Crippen LogP contribution in [0.3, 0.4) is 0 Å². The standard InChI is InChI=1S/C23H28FN3O2/c1-17(18-3-7-20(24)8-4-18)15-23(29)25-21-9-5-19(6-10-21)22(28)16-27-13-11-26(2)12-14-27/h3-10,17H,11-16H2,1-2H3,(H,25,29). The van der Waals surface area contributed by atoms with Gasteiger partial charge in [-0.05, 0) is 54.9 Å². The summed E-state index contributed by atoms with van der Waals surface area (Å²) in [6.07, 6.45) is 0.301. The van der Waals surface area contributed by atoms with Gasteiger partial charge in [0.15, 0.2) is 5.78 Å². The van der Waals surface area contributed by atoms with Gasteiger partial charge in [0, 0.05) is 43.9 Å². The van der Waals surface area contributed by atoms with Crippen LogP contribution in [0.1, 0.15) is 35.2 Å². The second-order valence-electron chi connectivity index (χ2n) is 7.78. The highest BCUT2D eigenvalue weighted by molar-refractivity contribution is 5.98. The molecule has 1 N–H and O–H groups in total. The monoisotopic (exact) mass is 397 g/mol. The molecule has 1 amide bonds. The Labute approximate surface area is 171 Å². The maximum absolute atomic E-state index is 13.0. The minimum absolute atomic E-state index is 0.0139. The second-order valence-corrected chi connectivity index (χ2v) is 7.78. The number of anilines is 1. The molecule has 2 aromatic carbocycles. The number of hydrogen-bond acceptors (Lipinski definition) is 4. The number of Topliss-reactive ketones (excluding diaryl/α,β-unsaturated/α-hetero) is 1. The van der Waals surface area contributed by atoms with E-state index in [2.05, 4.69) is 22.2 Å². The van der Waals surface area contributed by atoms with Crippen molar-refractivity contribution < 1.29 is 14.0 Å². The molecule has 0 spiro atoms. The minimum atomic E-state index is -0.285. The van der Waals surface area contributed by atoms with Gasteiger partial charge < -0.3 is 10.2 Å². The second kappa shape index (κ2) is 9.76. The Bertz CT molecular complexity index is 828. The molecule has 1 atom stereocenters. The van der Waals surface area contributed by atoms with Gasteiger partial charge in [-0.25, -0.2) is 4.39 Å². The van der Waals surface area contributed by atoms with E-state index in [9.17, 15) is 14.0 Å². The lowest BCUT2D eigenvalue weighted by atomic mass is 9.97. The van der Waals surface area contributed by atoms with Gasteiger partial charge in [-0.1, -0.05) is 19.1 Å². The first-order chi connectivity index (χ1) is 13.9. The van der Waals surface area contributed by atoms with Crippen LogP contribution < -0.4 is 5.32 Å². The number of piperazine rings is 1. The molecule has 1 unspecified atom stereocenters. The summed E-state index contributed by atoms with van der Waals surface area (Å²) in [4.78, 5) is 29.2. The van der Waals surface area contributed by atoms with Gasteiger partial charge in [0.25, 0.3) is 0 Å². The van der Waals surface area contributed by atoms with Crippen LogP contribution in [-0.4, -0.2) is 61.3 Å². The number of likely N-dealkylation sites (N-methyl/N-ethyl adjacent to an activating group) is 1. The number of amides is 1. The smallest absolute Gasteiger partial charge is 0.224 e. The molecule has 29 heavy (non-hydrogen) atoms. The molecule has 0 saturated carbocycles. The molecule has 0 bridgehead atoms. The molecule has 3 rings (SSSR count). The van der Waals surface area contributed by atoms with Gasteiger partial charge in [0.05, 0.1) is 6.54 Å². The van der Waals surface area contributed by atoms with E-state index in [1.165, 1.54) is 12.1 Å². The topological polar surface area (TPSA) is 52.7 Å². The number of nitrogens with one attached hydrogen (secondary N) is 1. The van der Waals surface area contributed by atoms with Crippen molar-refractivity contribution in [3.05, 3.63) is 65.5 Å². The van der Waals surface area contributed by atoms with Crippen LogP contribution in [0.2, 0.25) is 0 Å². The van der Waals surface area contributed by atoms with E-state index in [1.807, 2.05) is 6.92 Å². The summed E-state index contributed by atoms with van der Waals surface area (Å²) < 4.78 is 13.0. The van der Waals surface area contributed by atoms with Crippen molar-refractivity contribution in [3.63, 3.8) is 0 Å². The number of nitrogens with zero attached hydrogens (tertiary/aromatic N) is 2. The van der Waals surface area contributed by atoms with Crippen LogP contribution in [0.5, 0.6) is 0 Å². The lowest BCUT2D eigenvalue weighted by molar-refractivity contribution is -0.116. The third kappa shape index (κ3) is 6.21. The number of carbonyl (C=O) groups excluding carboxylic acids is 2. The fourth-order valence-electron chi connectivity index (χ4n) is 3.44.